The number of hydrogen-bond acceptors (Lipinski definition) is 13. The summed E-state index contributed by atoms with van der Waals surface area (Å²) in [5.74, 6) is -10.1. The number of benzene rings is 1. The van der Waals surface area contributed by atoms with Crippen molar-refractivity contribution in [3.63, 3.8) is 0 Å². The number of hydrogen-bond donors (Lipinski definition) is 9. The molecule has 1 aromatic carbocycles. The van der Waals surface area contributed by atoms with Crippen molar-refractivity contribution in [3.8, 4) is 0 Å². The summed E-state index contributed by atoms with van der Waals surface area (Å²) in [5.41, 5.74) is 0.502. The number of rotatable bonds is 34. The summed E-state index contributed by atoms with van der Waals surface area (Å²) in [6.45, 7) is 12.1. The molecule has 24 heteroatoms. The third-order valence-electron chi connectivity index (χ3n) is 11.9. The summed E-state index contributed by atoms with van der Waals surface area (Å²) in [7, 11) is 0. The largest absolute Gasteiger partial charge is 0.481 e. The molecular formula is C53H82N6O17Sn. The first-order valence-electron chi connectivity index (χ1n) is 26.4. The van der Waals surface area contributed by atoms with E-state index in [1.165, 1.54) is 6.07 Å². The van der Waals surface area contributed by atoms with Crippen molar-refractivity contribution in [2.24, 2.45) is 0 Å². The van der Waals surface area contributed by atoms with Crippen molar-refractivity contribution in [2.75, 3.05) is 19.6 Å². The molecule has 2 unspecified atom stereocenters. The van der Waals surface area contributed by atoms with E-state index in [-0.39, 0.29) is 62.1 Å². The van der Waals surface area contributed by atoms with Crippen LogP contribution in [-0.2, 0) is 52.8 Å². The van der Waals surface area contributed by atoms with E-state index in [1.54, 1.807) is 45.1 Å². The van der Waals surface area contributed by atoms with Gasteiger partial charge in [0.1, 0.15) is 6.04 Å². The Morgan fingerprint density at radius 2 is 1.16 bits per heavy atom. The minimum absolute atomic E-state index is 0.0246. The van der Waals surface area contributed by atoms with Crippen LogP contribution in [0.1, 0.15) is 172 Å². The number of hydroxylamine groups is 2. The fraction of sp³-hybridized carbons (Fsp3) is 0.585. The zero-order chi connectivity index (χ0) is 58.5. The van der Waals surface area contributed by atoms with Crippen LogP contribution in [0.25, 0.3) is 0 Å². The minimum atomic E-state index is -3.39. The SMILES string of the molecule is C/C=C(\C=C/CC)C(=O)NCCCCC(NC(=O)CNC(=O)C(CCC(=O)O)NC(=O)CNC(=O)c1cc(C(=O)ON2C(=O)CCC2=O)c[c]([Sn]([CH2]CCC)([CH2]CCC)[CH2]CCC)c1)C(=O)O.CCC(=O)O.CCC(=O)O. The van der Waals surface area contributed by atoms with Gasteiger partial charge in [0.25, 0.3) is 5.91 Å². The van der Waals surface area contributed by atoms with Gasteiger partial charge in [-0.1, -0.05) is 39.0 Å². The molecule has 430 valence electrons. The average Bonchev–Trinajstić information content (AvgIpc) is 3.72. The second-order valence-corrected chi connectivity index (χ2v) is 31.3. The quantitative estimate of drug-likeness (QED) is 0.0146. The predicted octanol–water partition coefficient (Wildman–Crippen LogP) is 4.89. The molecule has 1 fully saturated rings. The number of carbonyl (C=O) groups is 12. The molecule has 1 aliphatic heterocycles. The number of carboxylic acid groups (broad SMARTS) is 4. The summed E-state index contributed by atoms with van der Waals surface area (Å²) >= 11 is -3.39. The minimum Gasteiger partial charge on any atom is -0.481 e. The maximum atomic E-state index is 13.8. The zero-order valence-electron chi connectivity index (χ0n) is 45.7. The number of unbranched alkanes of at least 4 members (excludes halogenated alkanes) is 4. The number of aliphatic carboxylic acids is 4. The number of carboxylic acids is 4. The molecule has 7 amide bonds. The van der Waals surface area contributed by atoms with E-state index >= 15 is 0 Å². The zero-order valence-corrected chi connectivity index (χ0v) is 48.6. The number of imide groups is 1. The Bertz CT molecular complexity index is 2180. The van der Waals surface area contributed by atoms with E-state index in [4.69, 9.17) is 15.1 Å². The smallest absolute Gasteiger partial charge is 0.326 e. The van der Waals surface area contributed by atoms with Crippen LogP contribution in [0.15, 0.2) is 42.0 Å². The van der Waals surface area contributed by atoms with Gasteiger partial charge in [0.05, 0.1) is 0 Å². The Balaban J connectivity index is 0.00000525. The molecule has 0 bridgehead atoms. The second kappa shape index (κ2) is 39.7. The van der Waals surface area contributed by atoms with Crippen LogP contribution in [0.4, 0.5) is 0 Å². The molecule has 0 aliphatic carbocycles. The van der Waals surface area contributed by atoms with Crippen molar-refractivity contribution in [1.82, 2.24) is 31.6 Å². The van der Waals surface area contributed by atoms with Crippen LogP contribution >= 0.6 is 0 Å². The van der Waals surface area contributed by atoms with E-state index < -0.39 is 115 Å². The fourth-order valence-electron chi connectivity index (χ4n) is 7.49. The number of allylic oxidation sites excluding steroid dienone is 2. The Hall–Kier alpha value is -6.66. The molecule has 1 saturated heterocycles. The number of amides is 7. The van der Waals surface area contributed by atoms with Gasteiger partial charge in [0.2, 0.25) is 5.91 Å². The van der Waals surface area contributed by atoms with Crippen molar-refractivity contribution < 1.29 is 82.8 Å². The third-order valence-corrected chi connectivity index (χ3v) is 27.5. The summed E-state index contributed by atoms with van der Waals surface area (Å²) < 4.78 is 3.80. The maximum absolute atomic E-state index is 13.8. The summed E-state index contributed by atoms with van der Waals surface area (Å²) in [6.07, 6.45) is 11.8. The van der Waals surface area contributed by atoms with Crippen LogP contribution in [0, 0.1) is 0 Å². The molecule has 1 aliphatic rings. The monoisotopic (exact) mass is 1190 g/mol. The summed E-state index contributed by atoms with van der Waals surface area (Å²) in [6, 6.07) is 1.97. The second-order valence-electron chi connectivity index (χ2n) is 18.1. The van der Waals surface area contributed by atoms with Gasteiger partial charge in [0, 0.05) is 25.0 Å². The van der Waals surface area contributed by atoms with E-state index in [2.05, 4.69) is 47.4 Å². The van der Waals surface area contributed by atoms with Crippen LogP contribution in [0.2, 0.25) is 13.3 Å². The van der Waals surface area contributed by atoms with Gasteiger partial charge in [-0.3, -0.25) is 24.0 Å². The van der Waals surface area contributed by atoms with E-state index in [9.17, 15) is 67.7 Å². The van der Waals surface area contributed by atoms with Crippen molar-refractivity contribution >= 4 is 93.2 Å². The van der Waals surface area contributed by atoms with Gasteiger partial charge in [-0.15, -0.1) is 0 Å². The van der Waals surface area contributed by atoms with Crippen LogP contribution in [-0.4, -0.2) is 147 Å². The molecule has 1 aromatic rings. The van der Waals surface area contributed by atoms with Gasteiger partial charge in [0.15, 0.2) is 0 Å². The normalized spacial score (nSPS) is 12.9. The fourth-order valence-corrected chi connectivity index (χ4v) is 23.6. The Labute approximate surface area is 455 Å². The number of nitrogens with one attached hydrogen (secondary N) is 5. The van der Waals surface area contributed by atoms with Crippen LogP contribution in [0.3, 0.4) is 0 Å². The Morgan fingerprint density at radius 1 is 0.649 bits per heavy atom. The van der Waals surface area contributed by atoms with E-state index in [0.29, 0.717) is 23.5 Å². The number of nitrogens with zero attached hydrogens (tertiary/aromatic N) is 1. The van der Waals surface area contributed by atoms with Gasteiger partial charge < -0.3 is 31.1 Å². The van der Waals surface area contributed by atoms with Crippen molar-refractivity contribution in [2.45, 2.75) is 177 Å². The van der Waals surface area contributed by atoms with Gasteiger partial charge in [-0.2, -0.15) is 0 Å². The first-order valence-corrected chi connectivity index (χ1v) is 33.8. The van der Waals surface area contributed by atoms with Gasteiger partial charge >= 0.3 is 283 Å². The summed E-state index contributed by atoms with van der Waals surface area (Å²) in [5, 5.41) is 47.2. The third kappa shape index (κ3) is 28.9. The molecular weight excluding hydrogens is 1110 g/mol. The van der Waals surface area contributed by atoms with E-state index in [1.807, 2.05) is 13.0 Å². The molecule has 0 radical (unpaired) electrons. The number of carbonyl (C=O) groups excluding carboxylic acids is 8. The molecule has 0 aromatic heterocycles. The molecule has 2 atom stereocenters. The van der Waals surface area contributed by atoms with Crippen LogP contribution < -0.4 is 30.2 Å². The van der Waals surface area contributed by atoms with Crippen molar-refractivity contribution in [1.29, 1.82) is 0 Å². The van der Waals surface area contributed by atoms with E-state index in [0.717, 1.165) is 61.8 Å². The van der Waals surface area contributed by atoms with Crippen molar-refractivity contribution in [3.05, 3.63) is 53.1 Å². The Morgan fingerprint density at radius 3 is 1.62 bits per heavy atom. The molecule has 9 N–H and O–H groups in total. The Kier molecular flexibility index (Phi) is 36.2. The molecule has 0 saturated carbocycles. The first-order chi connectivity index (χ1) is 36.5. The molecule has 77 heavy (non-hydrogen) atoms. The topological polar surface area (TPSA) is 358 Å². The first kappa shape index (κ1) is 70.3. The molecule has 23 nitrogen and oxygen atoms in total. The summed E-state index contributed by atoms with van der Waals surface area (Å²) in [4.78, 5) is 151. The van der Waals surface area contributed by atoms with Gasteiger partial charge in [-0.05, 0) is 32.6 Å². The molecule has 1 heterocycles. The standard InChI is InChI=1S/C35H43N6O13.3C4H9.2C3H6O2.Sn/c1-3-5-9-21(4-2)31(48)36-17-7-6-12-25(34(51)52)40-27(43)20-38-33(50)24(13-16-30(46)47)39-26(42)19-37-32(49)22-10-8-11-23(18-22)35(53)54-41-28(44)14-15-29(41)45;3*1-3-4-2;2*1-2-3(4)5;/h4-5,9-11,18,24-25H,3,6-7,12-17,19-20H2,1-2H3,(H,36,48)(H,37,49)(H,38,50)(H,39,42)(H,40,43)(H,46,47)(H,51,52);3*1,3-4H2,2H3;2*2H2,1H3,(H,4,5);/b9-5-,21-4+;;;;;;. The maximum Gasteiger partial charge on any atom is 0.326 e. The van der Waals surface area contributed by atoms with Gasteiger partial charge in [-0.25, -0.2) is 4.79 Å². The van der Waals surface area contributed by atoms with Crippen LogP contribution in [0.5, 0.6) is 0 Å². The molecule has 0 spiro atoms. The average molecular weight is 1190 g/mol. The predicted molar refractivity (Wildman–Crippen MR) is 287 cm³/mol. The molecule has 2 rings (SSSR count).